The number of nitrogens with zero attached hydrogens (tertiary/aromatic N) is 2. The lowest BCUT2D eigenvalue weighted by Gasteiger charge is -2.27. The molecule has 27 heavy (non-hydrogen) atoms. The number of ether oxygens (including phenoxy) is 1. The number of pyridine rings is 1. The van der Waals surface area contributed by atoms with E-state index in [1.54, 1.807) is 12.1 Å². The summed E-state index contributed by atoms with van der Waals surface area (Å²) in [6.45, 7) is 1.18. The molecule has 0 amide bonds. The largest absolute Gasteiger partial charge is 0.573 e. The smallest absolute Gasteiger partial charge is 0.406 e. The van der Waals surface area contributed by atoms with E-state index in [1.165, 1.54) is 12.3 Å². The summed E-state index contributed by atoms with van der Waals surface area (Å²) < 4.78 is 52.7. The zero-order valence-electron chi connectivity index (χ0n) is 14.1. The number of halogens is 3. The van der Waals surface area contributed by atoms with Crippen LogP contribution in [0.15, 0.2) is 36.5 Å². The van der Waals surface area contributed by atoms with Crippen molar-refractivity contribution in [1.29, 1.82) is 5.41 Å². The van der Waals surface area contributed by atoms with Crippen LogP contribution in [-0.4, -0.2) is 45.9 Å². The summed E-state index contributed by atoms with van der Waals surface area (Å²) in [6.07, 6.45) is -3.30. The first-order chi connectivity index (χ1) is 12.7. The summed E-state index contributed by atoms with van der Waals surface area (Å²) in [5, 5.41) is 8.37. The minimum atomic E-state index is -4.83. The molecule has 3 N–H and O–H groups in total. The number of nitrogens with two attached hydrogens (primary N) is 1. The maximum absolute atomic E-state index is 12.4. The Labute approximate surface area is 156 Å². The zero-order chi connectivity index (χ0) is 19.6. The van der Waals surface area contributed by atoms with Crippen molar-refractivity contribution in [1.82, 2.24) is 4.98 Å². The summed E-state index contributed by atoms with van der Waals surface area (Å²) >= 11 is 0. The molecule has 1 fully saturated rings. The molecule has 1 saturated heterocycles. The van der Waals surface area contributed by atoms with E-state index < -0.39 is 22.9 Å². The molecular formula is C17H17F3N4O2S. The summed E-state index contributed by atoms with van der Waals surface area (Å²) in [5.41, 5.74) is 6.57. The highest BCUT2D eigenvalue weighted by molar-refractivity contribution is 7.85. The van der Waals surface area contributed by atoms with Crippen molar-refractivity contribution in [3.05, 3.63) is 47.7 Å². The molecule has 0 spiro atoms. The Morgan fingerprint density at radius 2 is 1.93 bits per heavy atom. The van der Waals surface area contributed by atoms with E-state index >= 15 is 0 Å². The van der Waals surface area contributed by atoms with Crippen LogP contribution in [0, 0.1) is 5.41 Å². The monoisotopic (exact) mass is 398 g/mol. The van der Waals surface area contributed by atoms with E-state index in [0.29, 0.717) is 36.0 Å². The molecule has 0 atom stereocenters. The number of aromatic nitrogens is 1. The minimum Gasteiger partial charge on any atom is -0.406 e. The predicted molar refractivity (Wildman–Crippen MR) is 97.8 cm³/mol. The average molecular weight is 398 g/mol. The number of nitrogen functional groups attached to an aromatic ring is 1. The summed E-state index contributed by atoms with van der Waals surface area (Å²) in [7, 11) is -0.827. The molecule has 6 nitrogen and oxygen atoms in total. The van der Waals surface area contributed by atoms with Gasteiger partial charge in [0.2, 0.25) is 0 Å². The van der Waals surface area contributed by atoms with E-state index in [0.717, 1.165) is 12.1 Å². The van der Waals surface area contributed by atoms with Crippen molar-refractivity contribution in [3.8, 4) is 5.75 Å². The van der Waals surface area contributed by atoms with Crippen LogP contribution in [0.2, 0.25) is 0 Å². The Bertz CT molecular complexity index is 879. The van der Waals surface area contributed by atoms with Gasteiger partial charge in [-0.05, 0) is 30.3 Å². The maximum Gasteiger partial charge on any atom is 0.573 e. The second-order valence-electron chi connectivity index (χ2n) is 5.91. The number of benzene rings is 1. The van der Waals surface area contributed by atoms with Gasteiger partial charge in [-0.1, -0.05) is 0 Å². The number of rotatable bonds is 4. The van der Waals surface area contributed by atoms with E-state index in [-0.39, 0.29) is 17.0 Å². The molecule has 0 unspecified atom stereocenters. The third kappa shape index (κ3) is 4.76. The zero-order valence-corrected chi connectivity index (χ0v) is 14.9. The topological polar surface area (TPSA) is 92.3 Å². The number of alkyl halides is 3. The molecular weight excluding hydrogens is 381 g/mol. The lowest BCUT2D eigenvalue weighted by Crippen LogP contribution is -2.38. The summed E-state index contributed by atoms with van der Waals surface area (Å²) in [5.74, 6) is 1.28. The van der Waals surface area contributed by atoms with Crippen LogP contribution in [0.3, 0.4) is 0 Å². The van der Waals surface area contributed by atoms with Crippen LogP contribution >= 0.6 is 0 Å². The molecule has 2 heterocycles. The van der Waals surface area contributed by atoms with Gasteiger partial charge in [0.25, 0.3) is 0 Å². The lowest BCUT2D eigenvalue weighted by molar-refractivity contribution is -0.274. The second-order valence-corrected chi connectivity index (χ2v) is 7.61. The number of anilines is 2. The average Bonchev–Trinajstić information content (AvgIpc) is 2.62. The minimum absolute atomic E-state index is 0.0376. The highest BCUT2D eigenvalue weighted by Crippen LogP contribution is 2.28. The van der Waals surface area contributed by atoms with Crippen molar-refractivity contribution in [2.45, 2.75) is 6.36 Å². The van der Waals surface area contributed by atoms with Crippen molar-refractivity contribution >= 4 is 28.0 Å². The molecule has 3 rings (SSSR count). The van der Waals surface area contributed by atoms with Gasteiger partial charge in [-0.15, -0.1) is 13.2 Å². The first kappa shape index (κ1) is 19.2. The molecule has 0 radical (unpaired) electrons. The molecule has 2 aromatic rings. The Morgan fingerprint density at radius 3 is 2.59 bits per heavy atom. The van der Waals surface area contributed by atoms with E-state index in [4.69, 9.17) is 11.1 Å². The molecule has 0 saturated carbocycles. The standard InChI is InChI=1S/C17H17F3N4O2S/c18-17(19,20)26-12-1-2-14(21)13(10-12)16(22)11-3-4-23-15(9-11)24-5-7-27(25)8-6-24/h1-4,9-10,22H,5-8,21H2. The first-order valence-electron chi connectivity index (χ1n) is 8.03. The van der Waals surface area contributed by atoms with Crippen molar-refractivity contribution in [2.24, 2.45) is 0 Å². The fourth-order valence-electron chi connectivity index (χ4n) is 2.72. The highest BCUT2D eigenvalue weighted by Gasteiger charge is 2.31. The fourth-order valence-corrected chi connectivity index (χ4v) is 3.77. The summed E-state index contributed by atoms with van der Waals surface area (Å²) in [4.78, 5) is 6.24. The van der Waals surface area contributed by atoms with Crippen LogP contribution in [0.1, 0.15) is 11.1 Å². The van der Waals surface area contributed by atoms with Crippen LogP contribution in [0.4, 0.5) is 24.7 Å². The first-order valence-corrected chi connectivity index (χ1v) is 9.52. The van der Waals surface area contributed by atoms with Gasteiger partial charge in [0, 0.05) is 58.4 Å². The summed E-state index contributed by atoms with van der Waals surface area (Å²) in [6, 6.07) is 6.73. The Balaban J connectivity index is 1.86. The SMILES string of the molecule is N=C(c1ccnc(N2CCS(=O)CC2)c1)c1cc(OC(F)(F)F)ccc1N. The molecule has 1 aliphatic heterocycles. The van der Waals surface area contributed by atoms with Crippen LogP contribution in [0.5, 0.6) is 5.75 Å². The third-order valence-electron chi connectivity index (χ3n) is 4.06. The molecule has 144 valence electrons. The molecule has 1 aromatic heterocycles. The second kappa shape index (κ2) is 7.55. The van der Waals surface area contributed by atoms with Crippen LogP contribution in [0.25, 0.3) is 0 Å². The van der Waals surface area contributed by atoms with Gasteiger partial charge in [0.15, 0.2) is 0 Å². The molecule has 0 aliphatic carbocycles. The van der Waals surface area contributed by atoms with Crippen LogP contribution in [-0.2, 0) is 10.8 Å². The fraction of sp³-hybridized carbons (Fsp3) is 0.294. The van der Waals surface area contributed by atoms with Crippen molar-refractivity contribution in [3.63, 3.8) is 0 Å². The van der Waals surface area contributed by atoms with Gasteiger partial charge in [-0.2, -0.15) is 0 Å². The van der Waals surface area contributed by atoms with Crippen LogP contribution < -0.4 is 15.4 Å². The van der Waals surface area contributed by atoms with Gasteiger partial charge in [-0.3, -0.25) is 9.62 Å². The van der Waals surface area contributed by atoms with E-state index in [2.05, 4.69) is 9.72 Å². The number of nitrogens with one attached hydrogen (secondary N) is 1. The van der Waals surface area contributed by atoms with E-state index in [1.807, 2.05) is 4.90 Å². The van der Waals surface area contributed by atoms with Crippen molar-refractivity contribution < 1.29 is 22.1 Å². The maximum atomic E-state index is 12.4. The normalized spacial score (nSPS) is 15.6. The van der Waals surface area contributed by atoms with Crippen molar-refractivity contribution in [2.75, 3.05) is 35.2 Å². The van der Waals surface area contributed by atoms with Gasteiger partial charge >= 0.3 is 6.36 Å². The molecule has 10 heteroatoms. The Hall–Kier alpha value is -2.62. The Morgan fingerprint density at radius 1 is 1.22 bits per heavy atom. The highest BCUT2D eigenvalue weighted by atomic mass is 32.2. The molecule has 1 aromatic carbocycles. The van der Waals surface area contributed by atoms with Gasteiger partial charge in [-0.25, -0.2) is 4.98 Å². The third-order valence-corrected chi connectivity index (χ3v) is 5.34. The predicted octanol–water partition coefficient (Wildman–Crippen LogP) is 2.55. The number of hydrogen-bond acceptors (Lipinski definition) is 6. The van der Waals surface area contributed by atoms with Gasteiger partial charge in [0.05, 0.1) is 5.71 Å². The Kier molecular flexibility index (Phi) is 5.36. The van der Waals surface area contributed by atoms with E-state index in [9.17, 15) is 17.4 Å². The number of hydrogen-bond donors (Lipinski definition) is 2. The quantitative estimate of drug-likeness (QED) is 0.610. The van der Waals surface area contributed by atoms with Gasteiger partial charge < -0.3 is 15.4 Å². The van der Waals surface area contributed by atoms with Gasteiger partial charge in [0.1, 0.15) is 11.6 Å². The lowest BCUT2D eigenvalue weighted by atomic mass is 10.0. The molecule has 0 bridgehead atoms. The molecule has 1 aliphatic rings.